The second kappa shape index (κ2) is 6.21. The predicted molar refractivity (Wildman–Crippen MR) is 76.3 cm³/mol. The highest BCUT2D eigenvalue weighted by Crippen LogP contribution is 2.23. The van der Waals surface area contributed by atoms with Gasteiger partial charge in [0.05, 0.1) is 22.6 Å². The molecule has 0 saturated carbocycles. The first-order valence-corrected chi connectivity index (χ1v) is 8.03. The minimum absolute atomic E-state index is 0.0944. The highest BCUT2D eigenvalue weighted by Gasteiger charge is 2.15. The van der Waals surface area contributed by atoms with Gasteiger partial charge in [0.1, 0.15) is 0 Å². The molecule has 0 saturated heterocycles. The van der Waals surface area contributed by atoms with E-state index in [-0.39, 0.29) is 11.0 Å². The second-order valence-electron chi connectivity index (χ2n) is 4.15. The molecular formula is C12H15BrN2O2S. The van der Waals surface area contributed by atoms with Crippen LogP contribution in [0.25, 0.3) is 0 Å². The lowest BCUT2D eigenvalue weighted by Crippen LogP contribution is -2.23. The van der Waals surface area contributed by atoms with Crippen LogP contribution in [0.15, 0.2) is 22.7 Å². The fraction of sp³-hybridized carbons (Fsp3) is 0.417. The Labute approximate surface area is 116 Å². The third kappa shape index (κ3) is 4.00. The van der Waals surface area contributed by atoms with Crippen molar-refractivity contribution in [3.63, 3.8) is 0 Å². The van der Waals surface area contributed by atoms with E-state index >= 15 is 0 Å². The predicted octanol–water partition coefficient (Wildman–Crippen LogP) is 2.56. The molecule has 0 aliphatic carbocycles. The van der Waals surface area contributed by atoms with Gasteiger partial charge < -0.3 is 5.32 Å². The smallest absolute Gasteiger partial charge is 0.154 e. The molecule has 0 radical (unpaired) electrons. The van der Waals surface area contributed by atoms with Crippen molar-refractivity contribution in [2.24, 2.45) is 0 Å². The quantitative estimate of drug-likeness (QED) is 0.900. The summed E-state index contributed by atoms with van der Waals surface area (Å²) < 4.78 is 24.0. The Morgan fingerprint density at radius 1 is 1.44 bits per heavy atom. The van der Waals surface area contributed by atoms with Crippen molar-refractivity contribution in [1.82, 2.24) is 0 Å². The Bertz CT molecular complexity index is 562. The van der Waals surface area contributed by atoms with Crippen molar-refractivity contribution < 1.29 is 8.42 Å². The number of nitrogens with one attached hydrogen (secondary N) is 1. The zero-order chi connectivity index (χ0) is 13.8. The van der Waals surface area contributed by atoms with Crippen molar-refractivity contribution in [3.8, 4) is 6.07 Å². The van der Waals surface area contributed by atoms with E-state index in [1.54, 1.807) is 32.0 Å². The van der Waals surface area contributed by atoms with Crippen molar-refractivity contribution in [2.75, 3.05) is 17.6 Å². The number of hydrogen-bond acceptors (Lipinski definition) is 4. The lowest BCUT2D eigenvalue weighted by molar-refractivity contribution is 0.588. The van der Waals surface area contributed by atoms with Crippen LogP contribution in [0, 0.1) is 11.3 Å². The van der Waals surface area contributed by atoms with Gasteiger partial charge in [-0.15, -0.1) is 0 Å². The second-order valence-corrected chi connectivity index (χ2v) is 7.68. The fourth-order valence-corrected chi connectivity index (χ4v) is 2.67. The van der Waals surface area contributed by atoms with E-state index in [4.69, 9.17) is 5.26 Å². The summed E-state index contributed by atoms with van der Waals surface area (Å²) >= 11 is 3.33. The Hall–Kier alpha value is -1.06. The molecule has 1 aromatic carbocycles. The summed E-state index contributed by atoms with van der Waals surface area (Å²) in [4.78, 5) is 0. The Morgan fingerprint density at radius 2 is 2.11 bits per heavy atom. The highest BCUT2D eigenvalue weighted by molar-refractivity contribution is 9.10. The van der Waals surface area contributed by atoms with E-state index in [9.17, 15) is 8.42 Å². The average molecular weight is 331 g/mol. The monoisotopic (exact) mass is 330 g/mol. The van der Waals surface area contributed by atoms with E-state index < -0.39 is 9.84 Å². The van der Waals surface area contributed by atoms with E-state index in [1.165, 1.54) is 0 Å². The molecule has 0 spiro atoms. The van der Waals surface area contributed by atoms with Gasteiger partial charge in [-0.2, -0.15) is 5.26 Å². The summed E-state index contributed by atoms with van der Waals surface area (Å²) in [6, 6.07) is 7.17. The minimum atomic E-state index is -3.02. The van der Waals surface area contributed by atoms with Crippen LogP contribution in [0.2, 0.25) is 0 Å². The first kappa shape index (κ1) is 15.0. The van der Waals surface area contributed by atoms with Gasteiger partial charge in [0.2, 0.25) is 0 Å². The summed E-state index contributed by atoms with van der Waals surface area (Å²) in [7, 11) is -3.02. The summed E-state index contributed by atoms with van der Waals surface area (Å²) in [5, 5.41) is 11.4. The maximum Gasteiger partial charge on any atom is 0.154 e. The van der Waals surface area contributed by atoms with E-state index in [0.717, 1.165) is 10.2 Å². The third-order valence-electron chi connectivity index (χ3n) is 2.52. The normalized spacial score (nSPS) is 11.3. The average Bonchev–Trinajstić information content (AvgIpc) is 2.30. The van der Waals surface area contributed by atoms with Crippen LogP contribution in [0.5, 0.6) is 0 Å². The lowest BCUT2D eigenvalue weighted by Gasteiger charge is -2.11. The zero-order valence-corrected chi connectivity index (χ0v) is 12.7. The number of anilines is 1. The van der Waals surface area contributed by atoms with Gasteiger partial charge in [0.25, 0.3) is 0 Å². The number of nitrogens with zero attached hydrogens (tertiary/aromatic N) is 1. The SMILES string of the molecule is CC(C)S(=O)(=O)CCNc1ccc(C#N)cc1Br. The van der Waals surface area contributed by atoms with Gasteiger partial charge in [0, 0.05) is 16.7 Å². The topological polar surface area (TPSA) is 70.0 Å². The van der Waals surface area contributed by atoms with Crippen molar-refractivity contribution in [3.05, 3.63) is 28.2 Å². The van der Waals surface area contributed by atoms with E-state index in [1.807, 2.05) is 6.07 Å². The number of nitriles is 1. The van der Waals surface area contributed by atoms with Gasteiger partial charge in [-0.05, 0) is 48.0 Å². The summed E-state index contributed by atoms with van der Waals surface area (Å²) in [5.74, 6) is 0.0944. The van der Waals surface area contributed by atoms with Gasteiger partial charge >= 0.3 is 0 Å². The maximum absolute atomic E-state index is 11.6. The zero-order valence-electron chi connectivity index (χ0n) is 10.3. The van der Waals surface area contributed by atoms with Gasteiger partial charge in [0.15, 0.2) is 9.84 Å². The van der Waals surface area contributed by atoms with E-state index in [0.29, 0.717) is 12.1 Å². The van der Waals surface area contributed by atoms with Gasteiger partial charge in [-0.25, -0.2) is 8.42 Å². The van der Waals surface area contributed by atoms with Crippen LogP contribution in [-0.2, 0) is 9.84 Å². The van der Waals surface area contributed by atoms with Crippen LogP contribution in [0.3, 0.4) is 0 Å². The molecule has 0 aliphatic heterocycles. The molecule has 0 aliphatic rings. The largest absolute Gasteiger partial charge is 0.383 e. The Kier molecular flexibility index (Phi) is 5.17. The molecule has 0 unspecified atom stereocenters. The minimum Gasteiger partial charge on any atom is -0.383 e. The molecule has 0 amide bonds. The molecule has 1 rings (SSSR count). The lowest BCUT2D eigenvalue weighted by atomic mass is 10.2. The van der Waals surface area contributed by atoms with Crippen LogP contribution in [-0.4, -0.2) is 26.0 Å². The molecule has 4 nitrogen and oxygen atoms in total. The molecule has 6 heteroatoms. The number of benzene rings is 1. The highest BCUT2D eigenvalue weighted by atomic mass is 79.9. The first-order chi connectivity index (χ1) is 8.36. The third-order valence-corrected chi connectivity index (χ3v) is 5.38. The molecule has 0 bridgehead atoms. The first-order valence-electron chi connectivity index (χ1n) is 5.52. The molecule has 0 aromatic heterocycles. The maximum atomic E-state index is 11.6. The molecule has 0 heterocycles. The van der Waals surface area contributed by atoms with Crippen molar-refractivity contribution >= 4 is 31.5 Å². The van der Waals surface area contributed by atoms with Crippen LogP contribution >= 0.6 is 15.9 Å². The number of halogens is 1. The molecule has 98 valence electrons. The number of hydrogen-bond donors (Lipinski definition) is 1. The molecule has 0 fully saturated rings. The standard InChI is InChI=1S/C12H15BrN2O2S/c1-9(2)18(16,17)6-5-15-12-4-3-10(8-14)7-11(12)13/h3-4,7,9,15H,5-6H2,1-2H3. The van der Waals surface area contributed by atoms with Crippen molar-refractivity contribution in [1.29, 1.82) is 5.26 Å². The van der Waals surface area contributed by atoms with Crippen LogP contribution < -0.4 is 5.32 Å². The van der Waals surface area contributed by atoms with E-state index in [2.05, 4.69) is 21.2 Å². The summed E-state index contributed by atoms with van der Waals surface area (Å²) in [5.41, 5.74) is 1.34. The fourth-order valence-electron chi connectivity index (χ4n) is 1.29. The summed E-state index contributed by atoms with van der Waals surface area (Å²) in [6.07, 6.45) is 0. The van der Waals surface area contributed by atoms with Crippen LogP contribution in [0.1, 0.15) is 19.4 Å². The van der Waals surface area contributed by atoms with Gasteiger partial charge in [-0.1, -0.05) is 0 Å². The van der Waals surface area contributed by atoms with Crippen LogP contribution in [0.4, 0.5) is 5.69 Å². The summed E-state index contributed by atoms with van der Waals surface area (Å²) in [6.45, 7) is 3.70. The number of sulfone groups is 1. The molecule has 0 atom stereocenters. The molecule has 18 heavy (non-hydrogen) atoms. The Morgan fingerprint density at radius 3 is 2.61 bits per heavy atom. The van der Waals surface area contributed by atoms with Gasteiger partial charge in [-0.3, -0.25) is 0 Å². The number of rotatable bonds is 5. The Balaban J connectivity index is 2.63. The van der Waals surface area contributed by atoms with Crippen molar-refractivity contribution in [2.45, 2.75) is 19.1 Å². The molecule has 1 N–H and O–H groups in total. The molecular weight excluding hydrogens is 316 g/mol. The molecule has 1 aromatic rings.